The molecule has 0 radical (unpaired) electrons. The van der Waals surface area contributed by atoms with Crippen LogP contribution in [0.1, 0.15) is 48.6 Å². The van der Waals surface area contributed by atoms with Crippen LogP contribution in [0.25, 0.3) is 0 Å². The van der Waals surface area contributed by atoms with Crippen molar-refractivity contribution in [2.24, 2.45) is 0 Å². The zero-order valence-electron chi connectivity index (χ0n) is 16.2. The molecule has 1 aliphatic carbocycles. The van der Waals surface area contributed by atoms with E-state index in [1.54, 1.807) is 0 Å². The third-order valence-corrected chi connectivity index (χ3v) is 6.05. The van der Waals surface area contributed by atoms with Crippen molar-refractivity contribution in [1.29, 1.82) is 0 Å². The molecule has 2 saturated heterocycles. The van der Waals surface area contributed by atoms with Crippen LogP contribution in [0.3, 0.4) is 0 Å². The van der Waals surface area contributed by atoms with Gasteiger partial charge in [-0.15, -0.1) is 0 Å². The first-order valence-corrected chi connectivity index (χ1v) is 10.5. The lowest BCUT2D eigenvalue weighted by Gasteiger charge is -2.30. The highest BCUT2D eigenvalue weighted by Gasteiger charge is 2.26. The molecule has 0 spiro atoms. The minimum absolute atomic E-state index is 0.303. The number of rotatable bonds is 8. The number of hydrogen-bond acceptors (Lipinski definition) is 4. The van der Waals surface area contributed by atoms with Gasteiger partial charge in [0.15, 0.2) is 0 Å². The molecule has 4 heteroatoms. The Morgan fingerprint density at radius 3 is 1.50 bits per heavy atom. The first-order valence-electron chi connectivity index (χ1n) is 10.5. The summed E-state index contributed by atoms with van der Waals surface area (Å²) < 4.78 is 21.9. The fourth-order valence-corrected chi connectivity index (χ4v) is 4.17. The Bertz CT molecular complexity index is 697. The topological polar surface area (TPSA) is 43.5 Å². The number of benzene rings is 2. The molecule has 0 N–H and O–H groups in total. The molecule has 1 saturated carbocycles. The quantitative estimate of drug-likeness (QED) is 0.624. The van der Waals surface area contributed by atoms with Crippen LogP contribution in [-0.4, -0.2) is 38.6 Å². The van der Waals surface area contributed by atoms with Crippen LogP contribution in [0.15, 0.2) is 48.5 Å². The van der Waals surface area contributed by atoms with Gasteiger partial charge >= 0.3 is 0 Å². The van der Waals surface area contributed by atoms with Crippen molar-refractivity contribution < 1.29 is 18.9 Å². The van der Waals surface area contributed by atoms with E-state index in [2.05, 4.69) is 48.5 Å². The summed E-state index contributed by atoms with van der Waals surface area (Å²) in [6, 6.07) is 17.4. The molecule has 2 aliphatic heterocycles. The Morgan fingerprint density at radius 2 is 1.11 bits per heavy atom. The maximum absolute atomic E-state index is 5.77. The normalized spacial score (nSPS) is 28.6. The van der Waals surface area contributed by atoms with Crippen molar-refractivity contribution in [3.05, 3.63) is 59.7 Å². The van der Waals surface area contributed by atoms with Gasteiger partial charge in [0.1, 0.15) is 36.9 Å². The van der Waals surface area contributed by atoms with Crippen molar-refractivity contribution in [2.75, 3.05) is 26.4 Å². The lowest BCUT2D eigenvalue weighted by molar-refractivity contribution is 0.263. The minimum Gasteiger partial charge on any atom is -0.491 e. The largest absolute Gasteiger partial charge is 0.491 e. The maximum atomic E-state index is 5.77. The molecule has 148 valence electrons. The Labute approximate surface area is 166 Å². The van der Waals surface area contributed by atoms with E-state index < -0.39 is 0 Å². The zero-order chi connectivity index (χ0) is 18.8. The van der Waals surface area contributed by atoms with Gasteiger partial charge in [-0.25, -0.2) is 0 Å². The summed E-state index contributed by atoms with van der Waals surface area (Å²) in [5.74, 6) is 3.14. The van der Waals surface area contributed by atoms with Gasteiger partial charge in [0, 0.05) is 0 Å². The Balaban J connectivity index is 1.18. The number of ether oxygens (including phenoxy) is 4. The lowest BCUT2D eigenvalue weighted by Crippen LogP contribution is -2.13. The molecule has 0 aromatic heterocycles. The van der Waals surface area contributed by atoms with Gasteiger partial charge in [0.2, 0.25) is 0 Å². The van der Waals surface area contributed by atoms with E-state index in [1.807, 2.05) is 0 Å². The van der Waals surface area contributed by atoms with Crippen molar-refractivity contribution >= 4 is 0 Å². The van der Waals surface area contributed by atoms with Gasteiger partial charge < -0.3 is 18.9 Å². The van der Waals surface area contributed by atoms with E-state index in [0.29, 0.717) is 37.3 Å². The molecule has 3 aliphatic rings. The van der Waals surface area contributed by atoms with Crippen LogP contribution < -0.4 is 9.47 Å². The molecule has 4 unspecified atom stereocenters. The van der Waals surface area contributed by atoms with E-state index in [1.165, 1.54) is 36.8 Å². The van der Waals surface area contributed by atoms with Crippen molar-refractivity contribution in [3.63, 3.8) is 0 Å². The SMILES string of the molecule is c1cc(C2CCCC(c3ccc(OCC4CO4)cc3)C2)ccc1OCC1CO1. The van der Waals surface area contributed by atoms with E-state index >= 15 is 0 Å². The molecule has 0 bridgehead atoms. The Morgan fingerprint density at radius 1 is 0.679 bits per heavy atom. The third-order valence-electron chi connectivity index (χ3n) is 6.05. The maximum Gasteiger partial charge on any atom is 0.119 e. The molecule has 0 amide bonds. The first kappa shape index (κ1) is 18.0. The van der Waals surface area contributed by atoms with E-state index in [-0.39, 0.29) is 0 Å². The summed E-state index contributed by atoms with van der Waals surface area (Å²) in [5, 5.41) is 0. The summed E-state index contributed by atoms with van der Waals surface area (Å²) >= 11 is 0. The Kier molecular flexibility index (Phi) is 5.24. The van der Waals surface area contributed by atoms with Crippen LogP contribution in [0, 0.1) is 0 Å². The molecule has 28 heavy (non-hydrogen) atoms. The van der Waals surface area contributed by atoms with Crippen LogP contribution in [-0.2, 0) is 9.47 Å². The summed E-state index contributed by atoms with van der Waals surface area (Å²) in [6.07, 6.45) is 5.65. The molecule has 4 nitrogen and oxygen atoms in total. The van der Waals surface area contributed by atoms with E-state index in [9.17, 15) is 0 Å². The minimum atomic E-state index is 0.303. The number of hydrogen-bond donors (Lipinski definition) is 0. The van der Waals surface area contributed by atoms with Crippen LogP contribution >= 0.6 is 0 Å². The molecule has 5 rings (SSSR count). The summed E-state index contributed by atoms with van der Waals surface area (Å²) in [4.78, 5) is 0. The van der Waals surface area contributed by atoms with Crippen molar-refractivity contribution in [2.45, 2.75) is 49.7 Å². The van der Waals surface area contributed by atoms with Gasteiger partial charge in [-0.2, -0.15) is 0 Å². The highest BCUT2D eigenvalue weighted by molar-refractivity contribution is 5.33. The lowest BCUT2D eigenvalue weighted by atomic mass is 9.75. The molecular weight excluding hydrogens is 352 g/mol. The molecule has 2 heterocycles. The smallest absolute Gasteiger partial charge is 0.119 e. The summed E-state index contributed by atoms with van der Waals surface area (Å²) in [6.45, 7) is 3.00. The van der Waals surface area contributed by atoms with Gasteiger partial charge in [-0.05, 0) is 66.5 Å². The first-order chi connectivity index (χ1) is 13.8. The molecule has 2 aromatic rings. The highest BCUT2D eigenvalue weighted by Crippen LogP contribution is 2.41. The van der Waals surface area contributed by atoms with Gasteiger partial charge in [0.05, 0.1) is 13.2 Å². The second-order valence-electron chi connectivity index (χ2n) is 8.23. The van der Waals surface area contributed by atoms with Gasteiger partial charge in [-0.3, -0.25) is 0 Å². The van der Waals surface area contributed by atoms with Crippen LogP contribution in [0.5, 0.6) is 11.5 Å². The summed E-state index contributed by atoms with van der Waals surface area (Å²) in [5.41, 5.74) is 2.87. The van der Waals surface area contributed by atoms with Crippen LogP contribution in [0.2, 0.25) is 0 Å². The summed E-state index contributed by atoms with van der Waals surface area (Å²) in [7, 11) is 0. The monoisotopic (exact) mass is 380 g/mol. The fraction of sp³-hybridized carbons (Fsp3) is 0.500. The van der Waals surface area contributed by atoms with Gasteiger partial charge in [-0.1, -0.05) is 30.7 Å². The fourth-order valence-electron chi connectivity index (χ4n) is 4.17. The number of epoxide rings is 2. The molecule has 2 aromatic carbocycles. The second kappa shape index (κ2) is 8.14. The molecule has 4 atom stereocenters. The predicted molar refractivity (Wildman–Crippen MR) is 107 cm³/mol. The average molecular weight is 380 g/mol. The molecular formula is C24H28O4. The standard InChI is InChI=1S/C24H28O4/c1-2-19(17-4-8-21(9-5-17)25-13-23-15-27-23)12-20(3-1)18-6-10-22(11-7-18)26-14-24-16-28-24/h4-11,19-20,23-24H,1-3,12-16H2. The predicted octanol–water partition coefficient (Wildman–Crippen LogP) is 4.68. The second-order valence-corrected chi connectivity index (χ2v) is 8.23. The average Bonchev–Trinajstić information content (AvgIpc) is 3.67. The van der Waals surface area contributed by atoms with Gasteiger partial charge in [0.25, 0.3) is 0 Å². The Hall–Kier alpha value is -2.04. The highest BCUT2D eigenvalue weighted by atomic mass is 16.6. The van der Waals surface area contributed by atoms with E-state index in [4.69, 9.17) is 18.9 Å². The molecule has 3 fully saturated rings. The zero-order valence-corrected chi connectivity index (χ0v) is 16.2. The van der Waals surface area contributed by atoms with Crippen molar-refractivity contribution in [1.82, 2.24) is 0 Å². The van der Waals surface area contributed by atoms with E-state index in [0.717, 1.165) is 24.7 Å². The van der Waals surface area contributed by atoms with Crippen molar-refractivity contribution in [3.8, 4) is 11.5 Å². The third kappa shape index (κ3) is 4.68. The van der Waals surface area contributed by atoms with Crippen LogP contribution in [0.4, 0.5) is 0 Å².